The number of allylic oxidation sites excluding steroid dienone is 1. The summed E-state index contributed by atoms with van der Waals surface area (Å²) in [6, 6.07) is 0. The zero-order valence-electron chi connectivity index (χ0n) is 25.1. The molecule has 0 aliphatic heterocycles. The van der Waals surface area contributed by atoms with Crippen LogP contribution in [0.4, 0.5) is 0 Å². The van der Waals surface area contributed by atoms with Crippen molar-refractivity contribution in [3.63, 3.8) is 0 Å². The van der Waals surface area contributed by atoms with Crippen LogP contribution in [-0.2, 0) is 14.3 Å². The number of esters is 1. The zero-order chi connectivity index (χ0) is 27.9. The number of aliphatic carboxylic acids is 1. The molecule has 0 radical (unpaired) electrons. The van der Waals surface area contributed by atoms with Crippen LogP contribution in [0.15, 0.2) is 24.3 Å². The van der Waals surface area contributed by atoms with Gasteiger partial charge in [0.25, 0.3) is 0 Å². The second kappa shape index (κ2) is 8.96. The fourth-order valence-electron chi connectivity index (χ4n) is 12.0. The van der Waals surface area contributed by atoms with Gasteiger partial charge >= 0.3 is 11.9 Å². The molecule has 38 heavy (non-hydrogen) atoms. The minimum Gasteiger partial charge on any atom is -0.478 e. The summed E-state index contributed by atoms with van der Waals surface area (Å²) in [6.45, 7) is 21.9. The number of carbonyl (C=O) groups excluding carboxylic acids is 1. The van der Waals surface area contributed by atoms with Crippen molar-refractivity contribution in [1.82, 2.24) is 0 Å². The number of ether oxygens (including phenoxy) is 1. The largest absolute Gasteiger partial charge is 0.478 e. The third-order valence-corrected chi connectivity index (χ3v) is 14.0. The van der Waals surface area contributed by atoms with E-state index in [4.69, 9.17) is 9.84 Å². The maximum absolute atomic E-state index is 12.4. The normalized spacial score (nSPS) is 49.3. The Balaban J connectivity index is 1.43. The van der Waals surface area contributed by atoms with Gasteiger partial charge < -0.3 is 9.84 Å². The molecular formula is C34H52O4. The average molecular weight is 525 g/mol. The predicted molar refractivity (Wildman–Crippen MR) is 151 cm³/mol. The maximum atomic E-state index is 12.4. The van der Waals surface area contributed by atoms with Crippen LogP contribution in [0.25, 0.3) is 0 Å². The number of carbonyl (C=O) groups is 2. The number of rotatable bonds is 4. The molecule has 1 unspecified atom stereocenters. The van der Waals surface area contributed by atoms with Gasteiger partial charge in [0, 0.05) is 17.6 Å². The molecule has 4 nitrogen and oxygen atoms in total. The molecule has 0 spiro atoms. The zero-order valence-corrected chi connectivity index (χ0v) is 25.1. The Morgan fingerprint density at radius 3 is 2.18 bits per heavy atom. The van der Waals surface area contributed by atoms with E-state index in [1.807, 2.05) is 0 Å². The van der Waals surface area contributed by atoms with Crippen LogP contribution < -0.4 is 0 Å². The standard InChI is InChI=1S/C34H52O4/c1-21(2)22-13-16-31(5)19-20-33(7)23(29(22)31)9-10-25-32(6)17-15-26(38-28(37)12-11-27(35)36)30(3,4)24(32)14-18-34(25,33)8/h11-12,22-26,29H,1,9-10,13-20H2,2-8H3,(H,35,36)/b12-11-/t22-,23?,24-,25+,26-,29+,31+,32-,33+,34+/m0/s1. The predicted octanol–water partition coefficient (Wildman–Crippen LogP) is 8.22. The molecule has 4 heteroatoms. The van der Waals surface area contributed by atoms with Gasteiger partial charge in [0.2, 0.25) is 0 Å². The quantitative estimate of drug-likeness (QED) is 0.229. The second-order valence-corrected chi connectivity index (χ2v) is 15.8. The topological polar surface area (TPSA) is 63.6 Å². The lowest BCUT2D eigenvalue weighted by atomic mass is 9.32. The van der Waals surface area contributed by atoms with E-state index in [1.54, 1.807) is 0 Å². The van der Waals surface area contributed by atoms with E-state index in [1.165, 1.54) is 56.9 Å². The first-order valence-corrected chi connectivity index (χ1v) is 15.4. The van der Waals surface area contributed by atoms with E-state index in [2.05, 4.69) is 55.0 Å². The Morgan fingerprint density at radius 2 is 1.53 bits per heavy atom. The molecule has 5 rings (SSSR count). The van der Waals surface area contributed by atoms with Crippen LogP contribution in [0.3, 0.4) is 0 Å². The molecule has 0 aromatic rings. The highest BCUT2D eigenvalue weighted by Crippen LogP contribution is 2.77. The van der Waals surface area contributed by atoms with Crippen molar-refractivity contribution in [3.05, 3.63) is 24.3 Å². The molecule has 0 bridgehead atoms. The van der Waals surface area contributed by atoms with Gasteiger partial charge in [-0.25, -0.2) is 9.59 Å². The monoisotopic (exact) mass is 524 g/mol. The minimum atomic E-state index is -1.12. The highest BCUT2D eigenvalue weighted by atomic mass is 16.5. The molecule has 0 aromatic carbocycles. The van der Waals surface area contributed by atoms with Crippen LogP contribution in [0.1, 0.15) is 113 Å². The fraction of sp³-hybridized carbons (Fsp3) is 0.824. The van der Waals surface area contributed by atoms with Crippen LogP contribution in [0, 0.1) is 56.7 Å². The van der Waals surface area contributed by atoms with Crippen LogP contribution in [0.5, 0.6) is 0 Å². The van der Waals surface area contributed by atoms with Crippen LogP contribution in [0.2, 0.25) is 0 Å². The van der Waals surface area contributed by atoms with Gasteiger partial charge in [-0.15, -0.1) is 0 Å². The molecule has 5 fully saturated rings. The average Bonchev–Trinajstić information content (AvgIpc) is 3.18. The Hall–Kier alpha value is -1.58. The van der Waals surface area contributed by atoms with Crippen molar-refractivity contribution in [2.24, 2.45) is 56.7 Å². The van der Waals surface area contributed by atoms with Crippen molar-refractivity contribution in [2.75, 3.05) is 0 Å². The van der Waals surface area contributed by atoms with Crippen molar-refractivity contribution >= 4 is 11.9 Å². The molecule has 0 amide bonds. The van der Waals surface area contributed by atoms with Gasteiger partial charge in [-0.1, -0.05) is 53.7 Å². The van der Waals surface area contributed by atoms with Gasteiger partial charge in [-0.3, -0.25) is 0 Å². The SMILES string of the molecule is C=C(C)[C@@H]1CC[C@]2(C)CC[C@]3(C)C(CC[C@@H]4[C@@]5(C)CC[C@H](OC(=O)/C=C\C(=O)O)C(C)(C)[C@@H]5CC[C@]43C)[C@@H]12. The third kappa shape index (κ3) is 3.81. The molecule has 5 aliphatic rings. The Labute approximate surface area is 231 Å². The summed E-state index contributed by atoms with van der Waals surface area (Å²) < 4.78 is 5.91. The molecule has 1 N–H and O–H groups in total. The van der Waals surface area contributed by atoms with Crippen LogP contribution in [-0.4, -0.2) is 23.1 Å². The van der Waals surface area contributed by atoms with Crippen molar-refractivity contribution in [3.8, 4) is 0 Å². The van der Waals surface area contributed by atoms with Crippen molar-refractivity contribution in [2.45, 2.75) is 119 Å². The summed E-state index contributed by atoms with van der Waals surface area (Å²) in [5.41, 5.74) is 2.68. The summed E-state index contributed by atoms with van der Waals surface area (Å²) >= 11 is 0. The summed E-state index contributed by atoms with van der Waals surface area (Å²) in [5, 5.41) is 8.90. The lowest BCUT2D eigenvalue weighted by Gasteiger charge is -2.73. The summed E-state index contributed by atoms with van der Waals surface area (Å²) in [5.74, 6) is 1.79. The highest BCUT2D eigenvalue weighted by Gasteiger charge is 2.70. The van der Waals surface area contributed by atoms with E-state index in [0.717, 1.165) is 36.8 Å². The first-order chi connectivity index (χ1) is 17.6. The molecule has 0 heterocycles. The van der Waals surface area contributed by atoms with Gasteiger partial charge in [-0.05, 0) is 122 Å². The van der Waals surface area contributed by atoms with E-state index >= 15 is 0 Å². The lowest BCUT2D eigenvalue weighted by molar-refractivity contribution is -0.248. The van der Waals surface area contributed by atoms with E-state index in [9.17, 15) is 9.59 Å². The highest BCUT2D eigenvalue weighted by molar-refractivity contribution is 5.90. The molecule has 0 aromatic heterocycles. The lowest BCUT2D eigenvalue weighted by Crippen LogP contribution is -2.66. The molecule has 212 valence electrons. The van der Waals surface area contributed by atoms with Gasteiger partial charge in [-0.2, -0.15) is 0 Å². The number of hydrogen-bond acceptors (Lipinski definition) is 3. The van der Waals surface area contributed by atoms with Crippen molar-refractivity contribution < 1.29 is 19.4 Å². The smallest absolute Gasteiger partial charge is 0.331 e. The van der Waals surface area contributed by atoms with Gasteiger partial charge in [0.15, 0.2) is 0 Å². The van der Waals surface area contributed by atoms with Gasteiger partial charge in [0.1, 0.15) is 6.10 Å². The molecule has 5 saturated carbocycles. The number of carboxylic acid groups (broad SMARTS) is 1. The van der Waals surface area contributed by atoms with Gasteiger partial charge in [0.05, 0.1) is 0 Å². The summed E-state index contributed by atoms with van der Waals surface area (Å²) in [6.07, 6.45) is 14.3. The first-order valence-electron chi connectivity index (χ1n) is 15.4. The number of fused-ring (bicyclic) bond motifs is 7. The number of carboxylic acids is 1. The third-order valence-electron chi connectivity index (χ3n) is 14.0. The first kappa shape index (κ1) is 28.0. The second-order valence-electron chi connectivity index (χ2n) is 15.8. The Morgan fingerprint density at radius 1 is 0.816 bits per heavy atom. The molecule has 10 atom stereocenters. The van der Waals surface area contributed by atoms with Crippen LogP contribution >= 0.6 is 0 Å². The summed E-state index contributed by atoms with van der Waals surface area (Å²) in [4.78, 5) is 23.3. The molecule has 5 aliphatic carbocycles. The molecular weight excluding hydrogens is 472 g/mol. The van der Waals surface area contributed by atoms with E-state index < -0.39 is 11.9 Å². The van der Waals surface area contributed by atoms with E-state index in [0.29, 0.717) is 34.0 Å². The number of hydrogen-bond donors (Lipinski definition) is 1. The van der Waals surface area contributed by atoms with Crippen molar-refractivity contribution in [1.29, 1.82) is 0 Å². The molecule has 0 saturated heterocycles. The minimum absolute atomic E-state index is 0.138. The maximum Gasteiger partial charge on any atom is 0.331 e. The van der Waals surface area contributed by atoms with E-state index in [-0.39, 0.29) is 16.9 Å². The summed E-state index contributed by atoms with van der Waals surface area (Å²) in [7, 11) is 0. The fourth-order valence-corrected chi connectivity index (χ4v) is 12.0. The Bertz CT molecular complexity index is 1040. The Kier molecular flexibility index (Phi) is 6.60.